The first kappa shape index (κ1) is 18.1. The van der Waals surface area contributed by atoms with Gasteiger partial charge >= 0.3 is 0 Å². The molecule has 0 amide bonds. The highest BCUT2D eigenvalue weighted by molar-refractivity contribution is 7.80. The highest BCUT2D eigenvalue weighted by atomic mass is 32.1. The maximum Gasteiger partial charge on any atom is 0.0776 e. The highest BCUT2D eigenvalue weighted by Crippen LogP contribution is 1.89. The topological polar surface area (TPSA) is 46.2 Å². The molecule has 0 aromatic rings. The molecule has 18 heavy (non-hydrogen) atoms. The molecule has 0 bridgehead atoms. The molecule has 0 fully saturated rings. The van der Waals surface area contributed by atoms with Gasteiger partial charge in [0.25, 0.3) is 0 Å². The van der Waals surface area contributed by atoms with Crippen LogP contribution in [-0.2, 0) is 23.7 Å². The summed E-state index contributed by atoms with van der Waals surface area (Å²) in [5, 5.41) is 0. The van der Waals surface area contributed by atoms with E-state index in [2.05, 4.69) is 12.6 Å². The third-order valence-electron chi connectivity index (χ3n) is 2.11. The molecule has 0 aromatic carbocycles. The van der Waals surface area contributed by atoms with E-state index in [-0.39, 0.29) is 6.10 Å². The number of methoxy groups -OCH3 is 1. The van der Waals surface area contributed by atoms with E-state index in [1.165, 1.54) is 0 Å². The standard InChI is InChI=1S/C12H26O5S/c1-12(13-2)11-17-8-7-15-4-3-14-5-6-16-9-10-18/h12,18H,3-11H2,1-2H3. The van der Waals surface area contributed by atoms with Crippen molar-refractivity contribution in [3.8, 4) is 0 Å². The van der Waals surface area contributed by atoms with Gasteiger partial charge in [0.1, 0.15) is 0 Å². The summed E-state index contributed by atoms with van der Waals surface area (Å²) in [6.45, 7) is 6.75. The van der Waals surface area contributed by atoms with E-state index in [9.17, 15) is 0 Å². The zero-order chi connectivity index (χ0) is 13.5. The van der Waals surface area contributed by atoms with Gasteiger partial charge in [-0.05, 0) is 6.92 Å². The van der Waals surface area contributed by atoms with Crippen molar-refractivity contribution in [2.45, 2.75) is 13.0 Å². The minimum Gasteiger partial charge on any atom is -0.379 e. The molecule has 0 spiro atoms. The SMILES string of the molecule is COC(C)COCCOCCOCCOCCS. The van der Waals surface area contributed by atoms with Gasteiger partial charge in [0.05, 0.1) is 59.0 Å². The lowest BCUT2D eigenvalue weighted by atomic mass is 10.4. The van der Waals surface area contributed by atoms with E-state index >= 15 is 0 Å². The lowest BCUT2D eigenvalue weighted by Gasteiger charge is -2.10. The second kappa shape index (κ2) is 15.2. The molecule has 0 aromatic heterocycles. The van der Waals surface area contributed by atoms with Gasteiger partial charge in [0.15, 0.2) is 0 Å². The number of hydrogen-bond acceptors (Lipinski definition) is 6. The molecule has 0 aliphatic carbocycles. The van der Waals surface area contributed by atoms with Crippen LogP contribution in [0.3, 0.4) is 0 Å². The molecule has 0 radical (unpaired) electrons. The third kappa shape index (κ3) is 14.2. The van der Waals surface area contributed by atoms with Crippen LogP contribution in [0, 0.1) is 0 Å². The van der Waals surface area contributed by atoms with Crippen molar-refractivity contribution in [2.24, 2.45) is 0 Å². The average molecular weight is 282 g/mol. The Kier molecular flexibility index (Phi) is 15.3. The predicted octanol–water partition coefficient (Wildman–Crippen LogP) is 1.02. The molecule has 0 rings (SSSR count). The molecule has 0 saturated carbocycles. The molecule has 0 aliphatic heterocycles. The lowest BCUT2D eigenvalue weighted by Crippen LogP contribution is -2.17. The second-order valence-electron chi connectivity index (χ2n) is 3.68. The number of hydrogen-bond donors (Lipinski definition) is 1. The Bertz CT molecular complexity index is 159. The van der Waals surface area contributed by atoms with Gasteiger partial charge in [-0.25, -0.2) is 0 Å². The van der Waals surface area contributed by atoms with Crippen molar-refractivity contribution in [2.75, 3.05) is 65.7 Å². The monoisotopic (exact) mass is 282 g/mol. The zero-order valence-corrected chi connectivity index (χ0v) is 12.3. The molecule has 0 aliphatic rings. The summed E-state index contributed by atoms with van der Waals surface area (Å²) in [6.07, 6.45) is 0.130. The smallest absolute Gasteiger partial charge is 0.0776 e. The molecule has 1 atom stereocenters. The van der Waals surface area contributed by atoms with E-state index < -0.39 is 0 Å². The summed E-state index contributed by atoms with van der Waals surface area (Å²) in [4.78, 5) is 0. The Morgan fingerprint density at radius 1 is 0.778 bits per heavy atom. The molecular formula is C12H26O5S. The van der Waals surface area contributed by atoms with Crippen LogP contribution in [0.1, 0.15) is 6.92 Å². The Balaban J connectivity index is 2.94. The maximum atomic E-state index is 5.34. The normalized spacial score (nSPS) is 12.8. The van der Waals surface area contributed by atoms with E-state index in [0.29, 0.717) is 52.9 Å². The molecule has 0 saturated heterocycles. The van der Waals surface area contributed by atoms with E-state index in [4.69, 9.17) is 23.7 Å². The van der Waals surface area contributed by atoms with Crippen molar-refractivity contribution in [3.05, 3.63) is 0 Å². The van der Waals surface area contributed by atoms with Crippen LogP contribution >= 0.6 is 12.6 Å². The molecule has 6 heteroatoms. The van der Waals surface area contributed by atoms with Gasteiger partial charge in [0.2, 0.25) is 0 Å². The first-order valence-corrected chi connectivity index (χ1v) is 6.89. The summed E-state index contributed by atoms with van der Waals surface area (Å²) < 4.78 is 26.2. The largest absolute Gasteiger partial charge is 0.379 e. The van der Waals surface area contributed by atoms with Crippen LogP contribution in [0.15, 0.2) is 0 Å². The van der Waals surface area contributed by atoms with Gasteiger partial charge in [-0.2, -0.15) is 12.6 Å². The molecule has 1 unspecified atom stereocenters. The maximum absolute atomic E-state index is 5.34. The molecule has 0 N–H and O–H groups in total. The molecule has 110 valence electrons. The summed E-state index contributed by atoms with van der Waals surface area (Å²) in [6, 6.07) is 0. The van der Waals surface area contributed by atoms with Crippen LogP contribution in [0.25, 0.3) is 0 Å². The Labute approximate surface area is 115 Å². The van der Waals surface area contributed by atoms with Crippen LogP contribution in [0.4, 0.5) is 0 Å². The van der Waals surface area contributed by atoms with Gasteiger partial charge in [-0.3, -0.25) is 0 Å². The summed E-state index contributed by atoms with van der Waals surface area (Å²) >= 11 is 4.03. The van der Waals surface area contributed by atoms with E-state index in [1.54, 1.807) is 7.11 Å². The third-order valence-corrected chi connectivity index (χ3v) is 2.29. The molecular weight excluding hydrogens is 256 g/mol. The fourth-order valence-electron chi connectivity index (χ4n) is 1.04. The Morgan fingerprint density at radius 3 is 1.67 bits per heavy atom. The van der Waals surface area contributed by atoms with Gasteiger partial charge in [-0.1, -0.05) is 0 Å². The van der Waals surface area contributed by atoms with Gasteiger partial charge < -0.3 is 23.7 Å². The quantitative estimate of drug-likeness (QED) is 0.381. The fraction of sp³-hybridized carbons (Fsp3) is 1.00. The van der Waals surface area contributed by atoms with Crippen molar-refractivity contribution in [3.63, 3.8) is 0 Å². The first-order valence-electron chi connectivity index (χ1n) is 6.26. The summed E-state index contributed by atoms with van der Waals surface area (Å²) in [5.41, 5.74) is 0. The van der Waals surface area contributed by atoms with Crippen LogP contribution in [0.2, 0.25) is 0 Å². The van der Waals surface area contributed by atoms with Crippen molar-refractivity contribution in [1.29, 1.82) is 0 Å². The van der Waals surface area contributed by atoms with Gasteiger partial charge in [-0.15, -0.1) is 0 Å². The minimum absolute atomic E-state index is 0.130. The molecule has 5 nitrogen and oxygen atoms in total. The minimum atomic E-state index is 0.130. The number of rotatable bonds is 14. The second-order valence-corrected chi connectivity index (χ2v) is 4.13. The van der Waals surface area contributed by atoms with Crippen LogP contribution < -0.4 is 0 Å². The molecule has 0 heterocycles. The van der Waals surface area contributed by atoms with Crippen molar-refractivity contribution < 1.29 is 23.7 Å². The predicted molar refractivity (Wildman–Crippen MR) is 73.6 cm³/mol. The average Bonchev–Trinajstić information content (AvgIpc) is 2.39. The number of ether oxygens (including phenoxy) is 5. The zero-order valence-electron chi connectivity index (χ0n) is 11.4. The van der Waals surface area contributed by atoms with Crippen molar-refractivity contribution >= 4 is 12.6 Å². The van der Waals surface area contributed by atoms with Crippen molar-refractivity contribution in [1.82, 2.24) is 0 Å². The Hall–Kier alpha value is 0.150. The van der Waals surface area contributed by atoms with Crippen LogP contribution in [-0.4, -0.2) is 71.8 Å². The number of thiol groups is 1. The summed E-state index contributed by atoms with van der Waals surface area (Å²) in [5.74, 6) is 0.741. The van der Waals surface area contributed by atoms with E-state index in [1.807, 2.05) is 6.92 Å². The van der Waals surface area contributed by atoms with Gasteiger partial charge in [0, 0.05) is 12.9 Å². The lowest BCUT2D eigenvalue weighted by molar-refractivity contribution is -0.0210. The summed E-state index contributed by atoms with van der Waals surface area (Å²) in [7, 11) is 1.67. The fourth-order valence-corrected chi connectivity index (χ4v) is 1.17. The first-order chi connectivity index (χ1) is 8.81. The highest BCUT2D eigenvalue weighted by Gasteiger charge is 1.98. The Morgan fingerprint density at radius 2 is 1.22 bits per heavy atom. The van der Waals surface area contributed by atoms with Crippen LogP contribution in [0.5, 0.6) is 0 Å². The van der Waals surface area contributed by atoms with E-state index in [0.717, 1.165) is 5.75 Å².